The van der Waals surface area contributed by atoms with Gasteiger partial charge in [0.2, 0.25) is 5.78 Å². The summed E-state index contributed by atoms with van der Waals surface area (Å²) in [5, 5.41) is 0. The quantitative estimate of drug-likeness (QED) is 0.464. The largest absolute Gasteiger partial charge is 0.493 e. The van der Waals surface area contributed by atoms with E-state index in [1.165, 1.54) is 7.11 Å². The number of amides is 1. The number of piperidine rings is 1. The highest BCUT2D eigenvalue weighted by molar-refractivity contribution is 9.10. The van der Waals surface area contributed by atoms with Gasteiger partial charge in [0.15, 0.2) is 17.2 Å². The van der Waals surface area contributed by atoms with Crippen LogP contribution in [0.4, 0.5) is 4.79 Å². The van der Waals surface area contributed by atoms with Crippen molar-refractivity contribution in [2.24, 2.45) is 11.7 Å². The monoisotopic (exact) mass is 427 g/mol. The van der Waals surface area contributed by atoms with Gasteiger partial charge in [0, 0.05) is 25.3 Å². The minimum atomic E-state index is -1.35. The summed E-state index contributed by atoms with van der Waals surface area (Å²) >= 11 is 3.63. The fourth-order valence-electron chi connectivity index (χ4n) is 6.14. The lowest BCUT2D eigenvalue weighted by atomic mass is 9.69. The molecule has 6 aliphatic rings. The van der Waals surface area contributed by atoms with Crippen molar-refractivity contribution in [3.05, 3.63) is 11.3 Å². The van der Waals surface area contributed by atoms with E-state index in [1.54, 1.807) is 14.0 Å². The van der Waals surface area contributed by atoms with Crippen LogP contribution in [-0.4, -0.2) is 82.6 Å². The Labute approximate surface area is 157 Å². The number of Topliss-reactive ketones (excluding diaryl/α,β-unsaturated/α-hetero) is 2. The SMILES string of the molecule is COC1=C(C)C(=O)[C@]23N4[C@@H]5CN2[C@@](OC)([C@H]54)[C@H](COC(N)=O)[C@]3(Br)C1=O. The summed E-state index contributed by atoms with van der Waals surface area (Å²) in [6, 6.07) is 0.118. The van der Waals surface area contributed by atoms with E-state index in [-0.39, 0.29) is 36.0 Å². The lowest BCUT2D eigenvalue weighted by Crippen LogP contribution is -2.70. The number of ether oxygens (including phenoxy) is 3. The van der Waals surface area contributed by atoms with Gasteiger partial charge in [0.1, 0.15) is 16.7 Å². The van der Waals surface area contributed by atoms with E-state index < -0.39 is 27.7 Å². The van der Waals surface area contributed by atoms with Gasteiger partial charge < -0.3 is 19.9 Å². The summed E-state index contributed by atoms with van der Waals surface area (Å²) in [5.74, 6) is -1.12. The molecule has 6 rings (SSSR count). The van der Waals surface area contributed by atoms with Gasteiger partial charge >= 0.3 is 6.09 Å². The second-order valence-electron chi connectivity index (χ2n) is 7.37. The molecule has 26 heavy (non-hydrogen) atoms. The molecule has 0 aromatic carbocycles. The minimum Gasteiger partial charge on any atom is -0.493 e. The Hall–Kier alpha value is -1.49. The number of allylic oxidation sites excluding steroid dienone is 1. The van der Waals surface area contributed by atoms with Crippen molar-refractivity contribution < 1.29 is 28.6 Å². The third-order valence-electron chi connectivity index (χ3n) is 6.86. The summed E-state index contributed by atoms with van der Waals surface area (Å²) in [6.07, 6.45) is -0.938. The summed E-state index contributed by atoms with van der Waals surface area (Å²) in [6.45, 7) is 2.09. The topological polar surface area (TPSA) is 111 Å². The third-order valence-corrected chi connectivity index (χ3v) is 8.32. The van der Waals surface area contributed by atoms with Crippen LogP contribution in [0.25, 0.3) is 0 Å². The zero-order chi connectivity index (χ0) is 18.8. The van der Waals surface area contributed by atoms with Crippen molar-refractivity contribution in [3.63, 3.8) is 0 Å². The van der Waals surface area contributed by atoms with E-state index in [4.69, 9.17) is 19.9 Å². The summed E-state index contributed by atoms with van der Waals surface area (Å²) in [7, 11) is 2.93. The molecule has 2 N–H and O–H groups in total. The van der Waals surface area contributed by atoms with Crippen LogP contribution in [0.15, 0.2) is 11.3 Å². The Morgan fingerprint density at radius 2 is 2.04 bits per heavy atom. The molecular formula is C16H18BrN3O6. The number of ketones is 2. The van der Waals surface area contributed by atoms with Crippen LogP contribution in [0.1, 0.15) is 6.92 Å². The van der Waals surface area contributed by atoms with E-state index in [9.17, 15) is 14.4 Å². The highest BCUT2D eigenvalue weighted by Crippen LogP contribution is 2.78. The number of piperazine rings is 1. The number of nitrogens with zero attached hydrogens (tertiary/aromatic N) is 2. The van der Waals surface area contributed by atoms with Crippen LogP contribution in [0.3, 0.4) is 0 Å². The number of nitrogens with two attached hydrogens (primary N) is 1. The van der Waals surface area contributed by atoms with Crippen LogP contribution in [-0.2, 0) is 23.8 Å². The van der Waals surface area contributed by atoms with Crippen molar-refractivity contribution >= 4 is 33.6 Å². The predicted molar refractivity (Wildman–Crippen MR) is 89.0 cm³/mol. The highest BCUT2D eigenvalue weighted by Gasteiger charge is 3.00. The lowest BCUT2D eigenvalue weighted by Gasteiger charge is -2.47. The Kier molecular flexibility index (Phi) is 2.88. The summed E-state index contributed by atoms with van der Waals surface area (Å²) in [5.41, 5.74) is 3.37. The van der Waals surface area contributed by atoms with E-state index >= 15 is 0 Å². The number of hydrogen-bond donors (Lipinski definition) is 1. The third kappa shape index (κ3) is 1.24. The number of methoxy groups -OCH3 is 2. The van der Waals surface area contributed by atoms with Crippen molar-refractivity contribution in [3.8, 4) is 0 Å². The van der Waals surface area contributed by atoms with E-state index in [1.807, 2.05) is 4.90 Å². The zero-order valence-electron chi connectivity index (χ0n) is 14.4. The maximum Gasteiger partial charge on any atom is 0.404 e. The molecule has 5 aliphatic heterocycles. The fourth-order valence-corrected chi connectivity index (χ4v) is 7.38. The van der Waals surface area contributed by atoms with Gasteiger partial charge in [-0.15, -0.1) is 0 Å². The Morgan fingerprint density at radius 3 is 2.58 bits per heavy atom. The van der Waals surface area contributed by atoms with E-state index in [2.05, 4.69) is 20.8 Å². The lowest BCUT2D eigenvalue weighted by molar-refractivity contribution is -0.140. The smallest absolute Gasteiger partial charge is 0.404 e. The molecule has 1 spiro atoms. The molecule has 9 nitrogen and oxygen atoms in total. The van der Waals surface area contributed by atoms with Crippen LogP contribution >= 0.6 is 15.9 Å². The molecule has 1 amide bonds. The van der Waals surface area contributed by atoms with Gasteiger partial charge in [0.05, 0.1) is 19.1 Å². The first-order chi connectivity index (χ1) is 12.3. The molecule has 0 radical (unpaired) electrons. The van der Waals surface area contributed by atoms with Crippen molar-refractivity contribution in [1.82, 2.24) is 9.80 Å². The van der Waals surface area contributed by atoms with Crippen molar-refractivity contribution in [2.75, 3.05) is 27.4 Å². The molecule has 2 unspecified atom stereocenters. The van der Waals surface area contributed by atoms with Crippen LogP contribution in [0.2, 0.25) is 0 Å². The Morgan fingerprint density at radius 1 is 1.35 bits per heavy atom. The van der Waals surface area contributed by atoms with E-state index in [0.29, 0.717) is 12.1 Å². The molecule has 0 aromatic heterocycles. The maximum atomic E-state index is 13.5. The first kappa shape index (κ1) is 16.7. The molecule has 0 aromatic rings. The second-order valence-corrected chi connectivity index (χ2v) is 8.62. The molecule has 5 saturated heterocycles. The number of hydrogen-bond acceptors (Lipinski definition) is 8. The van der Waals surface area contributed by atoms with Gasteiger partial charge in [-0.3, -0.25) is 14.5 Å². The number of rotatable bonds is 4. The van der Waals surface area contributed by atoms with Crippen molar-refractivity contribution in [2.45, 2.75) is 34.7 Å². The molecule has 6 bridgehead atoms. The molecule has 10 heteroatoms. The van der Waals surface area contributed by atoms with Crippen molar-refractivity contribution in [1.29, 1.82) is 0 Å². The second kappa shape index (κ2) is 4.49. The van der Waals surface area contributed by atoms with Gasteiger partial charge in [-0.05, 0) is 6.92 Å². The summed E-state index contributed by atoms with van der Waals surface area (Å²) in [4.78, 5) is 42.3. The predicted octanol–water partition coefficient (Wildman–Crippen LogP) is -0.662. The van der Waals surface area contributed by atoms with Crippen LogP contribution in [0, 0.1) is 5.92 Å². The number of halogens is 1. The zero-order valence-corrected chi connectivity index (χ0v) is 16.0. The molecule has 5 heterocycles. The highest BCUT2D eigenvalue weighted by atomic mass is 79.9. The molecule has 8 atom stereocenters. The van der Waals surface area contributed by atoms with Gasteiger partial charge in [0.25, 0.3) is 0 Å². The maximum absolute atomic E-state index is 13.5. The average Bonchev–Trinajstić information content (AvgIpc) is 2.90. The van der Waals surface area contributed by atoms with Gasteiger partial charge in [-0.2, -0.15) is 0 Å². The fraction of sp³-hybridized carbons (Fsp3) is 0.688. The average molecular weight is 428 g/mol. The number of carbonyl (C=O) groups is 3. The Balaban J connectivity index is 1.76. The van der Waals surface area contributed by atoms with E-state index in [0.717, 1.165) is 0 Å². The molecular weight excluding hydrogens is 410 g/mol. The first-order valence-electron chi connectivity index (χ1n) is 8.33. The molecule has 140 valence electrons. The van der Waals surface area contributed by atoms with Gasteiger partial charge in [-0.25, -0.2) is 9.69 Å². The molecule has 0 saturated carbocycles. The van der Waals surface area contributed by atoms with Gasteiger partial charge in [-0.1, -0.05) is 15.9 Å². The summed E-state index contributed by atoms with van der Waals surface area (Å²) < 4.78 is 15.0. The normalized spacial score (nSPS) is 52.4. The Bertz CT molecular complexity index is 831. The number of primary amides is 1. The van der Waals surface area contributed by atoms with Crippen LogP contribution in [0.5, 0.6) is 0 Å². The first-order valence-corrected chi connectivity index (χ1v) is 9.12. The molecule has 5 fully saturated rings. The standard InChI is InChI=1S/C16H18BrN3O6/c1-6-9(24-2)12(22)14(17)8(5-26-13(18)23)15(25-3)10-7-4-19(15)16(14,11(6)21)20(7)10/h7-8,10H,4-5H2,1-3H3,(H2,18,23)/t7-,8-,10+,14+,15+,16-,20?/m1/s1. The minimum absolute atomic E-state index is 0.0201. The molecule has 1 aliphatic carbocycles. The number of alkyl halides is 1. The van der Waals surface area contributed by atoms with Crippen LogP contribution < -0.4 is 5.73 Å². The number of carbonyl (C=O) groups excluding carboxylic acids is 3.